The Morgan fingerprint density at radius 2 is 1.16 bits per heavy atom. The molecular weight excluding hydrogens is 624 g/mol. The Bertz CT molecular complexity index is 1480. The largest absolute Gasteiger partial charge is 0.744 e. The molecule has 0 saturated carbocycles. The van der Waals surface area contributed by atoms with E-state index in [1.54, 1.807) is 45.0 Å². The number of rotatable bonds is 18. The monoisotopic (exact) mass is 668 g/mol. The average Bonchev–Trinajstić information content (AvgIpc) is 2.98. The van der Waals surface area contributed by atoms with E-state index >= 15 is 0 Å². The van der Waals surface area contributed by atoms with Gasteiger partial charge in [-0.1, -0.05) is 45.0 Å². The molecule has 252 valence electrons. The Balaban J connectivity index is 1.77. The lowest BCUT2D eigenvalue weighted by Crippen LogP contribution is -2.32. The zero-order valence-corrected chi connectivity index (χ0v) is 28.4. The van der Waals surface area contributed by atoms with E-state index in [0.29, 0.717) is 25.7 Å². The second-order valence-corrected chi connectivity index (χ2v) is 14.9. The molecule has 0 N–H and O–H groups in total. The van der Waals surface area contributed by atoms with Crippen molar-refractivity contribution in [1.29, 1.82) is 0 Å². The van der Waals surface area contributed by atoms with Crippen LogP contribution in [0.5, 0.6) is 0 Å². The normalized spacial score (nSPS) is 15.1. The van der Waals surface area contributed by atoms with Gasteiger partial charge in [0.25, 0.3) is 0 Å². The van der Waals surface area contributed by atoms with Crippen LogP contribution in [-0.4, -0.2) is 64.3 Å². The molecule has 0 saturated heterocycles. The Morgan fingerprint density at radius 3 is 1.58 bits per heavy atom. The van der Waals surface area contributed by atoms with Crippen LogP contribution in [0.2, 0.25) is 0 Å². The van der Waals surface area contributed by atoms with E-state index < -0.39 is 37.0 Å². The van der Waals surface area contributed by atoms with Gasteiger partial charge in [0.1, 0.15) is 33.5 Å². The number of ether oxygens (including phenoxy) is 3. The van der Waals surface area contributed by atoms with Gasteiger partial charge < -0.3 is 23.3 Å². The van der Waals surface area contributed by atoms with Gasteiger partial charge in [0, 0.05) is 0 Å². The molecule has 0 fully saturated rings. The molecule has 3 atom stereocenters. The van der Waals surface area contributed by atoms with Gasteiger partial charge >= 0.3 is 11.9 Å². The predicted octanol–water partition coefficient (Wildman–Crippen LogP) is 5.12. The third-order valence-corrected chi connectivity index (χ3v) is 9.83. The summed E-state index contributed by atoms with van der Waals surface area (Å²) in [5.41, 5.74) is -0.00918. The Morgan fingerprint density at radius 1 is 0.711 bits per heavy atom. The molecule has 0 amide bonds. The van der Waals surface area contributed by atoms with Gasteiger partial charge in [-0.25, -0.2) is 16.8 Å². The molecule has 0 aliphatic rings. The summed E-state index contributed by atoms with van der Waals surface area (Å²) in [4.78, 5) is 25.1. The molecule has 11 nitrogen and oxygen atoms in total. The summed E-state index contributed by atoms with van der Waals surface area (Å²) in [6, 6.07) is 11.4. The fraction of sp³-hybridized carbons (Fsp3) is 0.562. The summed E-state index contributed by atoms with van der Waals surface area (Å²) in [6.07, 6.45) is 2.11. The van der Waals surface area contributed by atoms with E-state index in [1.165, 1.54) is 24.3 Å². The van der Waals surface area contributed by atoms with Crippen LogP contribution in [0.4, 0.5) is 0 Å². The first-order valence-corrected chi connectivity index (χ1v) is 17.7. The van der Waals surface area contributed by atoms with E-state index in [-0.39, 0.29) is 54.0 Å². The maximum absolute atomic E-state index is 12.9. The summed E-state index contributed by atoms with van der Waals surface area (Å²) in [6.45, 7) is 11.4. The van der Waals surface area contributed by atoms with Gasteiger partial charge in [0.05, 0.1) is 33.8 Å². The van der Waals surface area contributed by atoms with Gasteiger partial charge in [-0.3, -0.25) is 9.59 Å². The van der Waals surface area contributed by atoms with Crippen molar-refractivity contribution in [3.05, 3.63) is 59.7 Å². The number of hydrogen-bond donors (Lipinski definition) is 0. The first-order chi connectivity index (χ1) is 20.8. The number of benzene rings is 2. The van der Waals surface area contributed by atoms with E-state index in [2.05, 4.69) is 0 Å². The summed E-state index contributed by atoms with van der Waals surface area (Å²) in [7, 11) is -9.06. The second-order valence-electron chi connectivity index (χ2n) is 12.1. The highest BCUT2D eigenvalue weighted by atomic mass is 32.2. The first-order valence-electron chi connectivity index (χ1n) is 14.9. The third kappa shape index (κ3) is 11.5. The van der Waals surface area contributed by atoms with Crippen molar-refractivity contribution < 1.29 is 49.7 Å². The molecule has 0 heterocycles. The maximum Gasteiger partial charge on any atom is 0.311 e. The minimum atomic E-state index is -4.53. The topological polar surface area (TPSA) is 176 Å². The van der Waals surface area contributed by atoms with Crippen LogP contribution in [0.1, 0.15) is 90.2 Å². The van der Waals surface area contributed by atoms with Crippen LogP contribution in [-0.2, 0) is 44.0 Å². The van der Waals surface area contributed by atoms with Crippen molar-refractivity contribution >= 4 is 32.2 Å². The highest BCUT2D eigenvalue weighted by Crippen LogP contribution is 2.37. The molecule has 2 aromatic carbocycles. The summed E-state index contributed by atoms with van der Waals surface area (Å²) in [5.74, 6) is -0.951. The van der Waals surface area contributed by atoms with Gasteiger partial charge in [-0.15, -0.1) is 0 Å². The molecule has 3 unspecified atom stereocenters. The van der Waals surface area contributed by atoms with Crippen molar-refractivity contribution in [2.75, 3.05) is 26.4 Å². The van der Waals surface area contributed by atoms with Crippen LogP contribution in [0.3, 0.4) is 0 Å². The molecule has 0 aliphatic heterocycles. The van der Waals surface area contributed by atoms with Crippen LogP contribution in [0.25, 0.3) is 0 Å². The molecule has 0 aliphatic carbocycles. The molecule has 0 aromatic heterocycles. The van der Waals surface area contributed by atoms with E-state index in [4.69, 9.17) is 14.2 Å². The standard InChI is InChI=1S/C32H46O11S2/c1-7-24(26-11-15-28(16-12-26)45(38,39)40)22-31(4,5)29(33)42-19-17-41-18-20-43-30(34)32(6,8-2)21-23(3)25-9-13-27(14-10-25)44(35,36)37/h9-16,23-24H,7-8,17-22H2,1-6H3,(H,35,36,37)(H,38,39,40)/p-2. The molecule has 2 aromatic rings. The molecule has 0 spiro atoms. The zero-order valence-electron chi connectivity index (χ0n) is 26.7. The lowest BCUT2D eigenvalue weighted by molar-refractivity contribution is -0.158. The summed E-state index contributed by atoms with van der Waals surface area (Å²) in [5, 5.41) is 0. The molecule has 0 radical (unpaired) electrons. The smallest absolute Gasteiger partial charge is 0.311 e. The molecule has 2 rings (SSSR count). The minimum absolute atomic E-state index is 0.0136. The summed E-state index contributed by atoms with van der Waals surface area (Å²) >= 11 is 0. The van der Waals surface area contributed by atoms with E-state index in [0.717, 1.165) is 11.1 Å². The van der Waals surface area contributed by atoms with Crippen LogP contribution >= 0.6 is 0 Å². The Labute approximate surface area is 267 Å². The number of carbonyl (C=O) groups is 2. The maximum atomic E-state index is 12.9. The van der Waals surface area contributed by atoms with E-state index in [9.17, 15) is 35.5 Å². The molecule has 13 heteroatoms. The lowest BCUT2D eigenvalue weighted by Gasteiger charge is -2.29. The lowest BCUT2D eigenvalue weighted by atomic mass is 9.77. The molecule has 45 heavy (non-hydrogen) atoms. The Kier molecular flexibility index (Phi) is 13.7. The highest BCUT2D eigenvalue weighted by Gasteiger charge is 2.35. The van der Waals surface area contributed by atoms with Crippen LogP contribution in [0, 0.1) is 10.8 Å². The highest BCUT2D eigenvalue weighted by molar-refractivity contribution is 7.86. The average molecular weight is 669 g/mol. The van der Waals surface area contributed by atoms with Gasteiger partial charge in [0.2, 0.25) is 0 Å². The van der Waals surface area contributed by atoms with E-state index in [1.807, 2.05) is 20.8 Å². The van der Waals surface area contributed by atoms with Crippen molar-refractivity contribution in [2.45, 2.75) is 88.9 Å². The van der Waals surface area contributed by atoms with Gasteiger partial charge in [-0.2, -0.15) is 0 Å². The molecule has 0 bridgehead atoms. The summed E-state index contributed by atoms with van der Waals surface area (Å²) < 4.78 is 83.5. The van der Waals surface area contributed by atoms with Crippen LogP contribution < -0.4 is 0 Å². The second kappa shape index (κ2) is 16.1. The first kappa shape index (κ1) is 38.3. The minimum Gasteiger partial charge on any atom is -0.744 e. The SMILES string of the molecule is CCC(CC(C)(C)C(=O)OCCOCCOC(=O)C(C)(CC)CC(C)c1ccc(S(=O)(=O)[O-])cc1)c1ccc(S(=O)(=O)[O-])cc1. The fourth-order valence-electron chi connectivity index (χ4n) is 5.09. The van der Waals surface area contributed by atoms with Crippen molar-refractivity contribution in [2.24, 2.45) is 10.8 Å². The third-order valence-electron chi connectivity index (χ3n) is 8.13. The van der Waals surface area contributed by atoms with Crippen molar-refractivity contribution in [3.63, 3.8) is 0 Å². The fourth-order valence-corrected chi connectivity index (χ4v) is 6.03. The van der Waals surface area contributed by atoms with Gasteiger partial charge in [0.15, 0.2) is 0 Å². The quantitative estimate of drug-likeness (QED) is 0.117. The Hall–Kier alpha value is -2.84. The van der Waals surface area contributed by atoms with Gasteiger partial charge in [-0.05, 0) is 93.7 Å². The van der Waals surface area contributed by atoms with Crippen molar-refractivity contribution in [1.82, 2.24) is 0 Å². The number of carbonyl (C=O) groups excluding carboxylic acids is 2. The zero-order chi connectivity index (χ0) is 34.1. The van der Waals surface area contributed by atoms with Crippen molar-refractivity contribution in [3.8, 4) is 0 Å². The number of hydrogen-bond acceptors (Lipinski definition) is 11. The number of esters is 2. The van der Waals surface area contributed by atoms with Crippen LogP contribution in [0.15, 0.2) is 58.3 Å². The predicted molar refractivity (Wildman–Crippen MR) is 164 cm³/mol. The molecular formula is C32H44O11S2-2.